The summed E-state index contributed by atoms with van der Waals surface area (Å²) in [6.07, 6.45) is 45.1. The molecule has 0 saturated heterocycles. The molecule has 0 spiro atoms. The minimum atomic E-state index is -5.15. The molecule has 0 aliphatic heterocycles. The normalized spacial score (nSPS) is 13.7. The number of allylic oxidation sites excluding steroid dienone is 6. The fourth-order valence-corrected chi connectivity index (χ4v) is 12.2. The van der Waals surface area contributed by atoms with E-state index < -0.39 is 98.4 Å². The van der Waals surface area contributed by atoms with Crippen molar-refractivity contribution in [3.8, 4) is 0 Å². The van der Waals surface area contributed by atoms with E-state index in [2.05, 4.69) is 57.2 Å². The Kier molecular flexibility index (Phi) is 44.7. The SMILES string of the molecule is CCCCCCCC/C=C\CCCCCCC(C(=O)[O][Al]([O]C(=O)C(CCCCCC/C=C\CCCCCCCC)S(=O)(=O)O)[O]C(=O)C(CCCCCC/C=C\CCCCCCCC)S(=O)(=O)O)S(=O)(=O)O. The predicted molar refractivity (Wildman–Crippen MR) is 295 cm³/mol. The van der Waals surface area contributed by atoms with E-state index in [9.17, 15) is 53.3 Å². The predicted octanol–water partition coefficient (Wildman–Crippen LogP) is 14.3. The van der Waals surface area contributed by atoms with Crippen LogP contribution in [0.4, 0.5) is 0 Å². The summed E-state index contributed by atoms with van der Waals surface area (Å²) < 4.78 is 120. The van der Waals surface area contributed by atoms with Gasteiger partial charge in [-0.2, -0.15) is 25.3 Å². The molecular formula is C54H99AlO15S3. The molecular weight excluding hydrogens is 1010 g/mol. The summed E-state index contributed by atoms with van der Waals surface area (Å²) >= 11 is -4.72. The van der Waals surface area contributed by atoms with Crippen molar-refractivity contribution in [3.05, 3.63) is 36.5 Å². The molecule has 0 bridgehead atoms. The quantitative estimate of drug-likeness (QED) is 0.0222. The van der Waals surface area contributed by atoms with Gasteiger partial charge in [0, 0.05) is 0 Å². The second-order valence-electron chi connectivity index (χ2n) is 19.7. The first-order chi connectivity index (χ1) is 34.9. The fraction of sp³-hybridized carbons (Fsp3) is 0.833. The van der Waals surface area contributed by atoms with E-state index in [-0.39, 0.29) is 19.3 Å². The summed E-state index contributed by atoms with van der Waals surface area (Å²) in [5.74, 6) is -5.02. The monoisotopic (exact) mass is 1110 g/mol. The molecule has 73 heavy (non-hydrogen) atoms. The lowest BCUT2D eigenvalue weighted by atomic mass is 10.1. The molecule has 0 amide bonds. The minimum absolute atomic E-state index is 0.146. The van der Waals surface area contributed by atoms with Crippen LogP contribution in [0.2, 0.25) is 0 Å². The van der Waals surface area contributed by atoms with Gasteiger partial charge >= 0.3 is 15.1 Å². The molecule has 0 aliphatic rings. The summed E-state index contributed by atoms with van der Waals surface area (Å²) in [5.41, 5.74) is 0. The molecule has 19 heteroatoms. The van der Waals surface area contributed by atoms with Crippen molar-refractivity contribution >= 4 is 63.4 Å². The van der Waals surface area contributed by atoms with Gasteiger partial charge < -0.3 is 11.4 Å². The number of rotatable bonds is 51. The molecule has 15 nitrogen and oxygen atoms in total. The van der Waals surface area contributed by atoms with Crippen molar-refractivity contribution in [1.82, 2.24) is 0 Å². The average Bonchev–Trinajstić information content (AvgIpc) is 3.31. The number of carbonyl (C=O) groups excluding carboxylic acids is 3. The van der Waals surface area contributed by atoms with Crippen LogP contribution in [0.1, 0.15) is 271 Å². The lowest BCUT2D eigenvalue weighted by Crippen LogP contribution is -2.45. The third-order valence-corrected chi connectivity index (χ3v) is 17.7. The third-order valence-electron chi connectivity index (χ3n) is 12.9. The Balaban J connectivity index is 5.75. The van der Waals surface area contributed by atoms with Gasteiger partial charge in [-0.1, -0.05) is 211 Å². The van der Waals surface area contributed by atoms with Gasteiger partial charge in [-0.25, -0.2) is 0 Å². The van der Waals surface area contributed by atoms with E-state index >= 15 is 0 Å². The van der Waals surface area contributed by atoms with Crippen molar-refractivity contribution in [2.75, 3.05) is 0 Å². The van der Waals surface area contributed by atoms with Gasteiger partial charge in [-0.3, -0.25) is 28.0 Å². The number of hydrogen-bond acceptors (Lipinski definition) is 12. The molecule has 0 aliphatic carbocycles. The molecule has 0 saturated carbocycles. The van der Waals surface area contributed by atoms with Crippen molar-refractivity contribution in [2.24, 2.45) is 0 Å². The minimum Gasteiger partial charge on any atom is -0.550 e. The van der Waals surface area contributed by atoms with Crippen LogP contribution in [0.5, 0.6) is 0 Å². The van der Waals surface area contributed by atoms with Crippen LogP contribution in [-0.2, 0) is 56.1 Å². The van der Waals surface area contributed by atoms with Gasteiger partial charge in [0.25, 0.3) is 48.3 Å². The molecule has 0 radical (unpaired) electrons. The van der Waals surface area contributed by atoms with Gasteiger partial charge in [0.1, 0.15) is 0 Å². The van der Waals surface area contributed by atoms with Crippen LogP contribution in [0.15, 0.2) is 36.5 Å². The molecule has 3 N–H and O–H groups in total. The average molecular weight is 1110 g/mol. The van der Waals surface area contributed by atoms with Crippen LogP contribution in [0.3, 0.4) is 0 Å². The highest BCUT2D eigenvalue weighted by atomic mass is 32.2. The molecule has 426 valence electrons. The van der Waals surface area contributed by atoms with Gasteiger partial charge in [-0.15, -0.1) is 0 Å². The Hall–Kier alpha value is -2.11. The first-order valence-corrected chi connectivity index (χ1v) is 34.3. The number of carbonyl (C=O) groups is 3. The van der Waals surface area contributed by atoms with E-state index in [4.69, 9.17) is 11.4 Å². The third kappa shape index (κ3) is 41.7. The Morgan fingerprint density at radius 1 is 0.329 bits per heavy atom. The maximum atomic E-state index is 13.4. The molecule has 3 unspecified atom stereocenters. The molecule has 0 heterocycles. The van der Waals surface area contributed by atoms with Crippen molar-refractivity contribution < 1.29 is 64.7 Å². The summed E-state index contributed by atoms with van der Waals surface area (Å²) in [6, 6.07) is 0. The van der Waals surface area contributed by atoms with Crippen molar-refractivity contribution in [2.45, 2.75) is 287 Å². The summed E-state index contributed by atoms with van der Waals surface area (Å²) in [6.45, 7) is 6.56. The van der Waals surface area contributed by atoms with Crippen LogP contribution >= 0.6 is 0 Å². The highest BCUT2D eigenvalue weighted by Crippen LogP contribution is 2.21. The lowest BCUT2D eigenvalue weighted by molar-refractivity contribution is -0.147. The second-order valence-corrected chi connectivity index (χ2v) is 25.7. The Bertz CT molecular complexity index is 1630. The second kappa shape index (κ2) is 46.0. The first kappa shape index (κ1) is 70.9. The van der Waals surface area contributed by atoms with E-state index in [1.54, 1.807) is 0 Å². The van der Waals surface area contributed by atoms with E-state index in [0.717, 1.165) is 77.0 Å². The summed E-state index contributed by atoms with van der Waals surface area (Å²) in [4.78, 5) is 40.3. The standard InChI is InChI=1S/3C18H34O5S.Al/c3*1-2-3-4-5-6-7-8-9-10-11-12-13-14-15-16-17(18(19)20)24(21,22)23;/h3*9-10,17H,2-8,11-16H2,1H3,(H,19,20)(H,21,22,23);/q;;;+3/p-3/b3*10-9-;. The van der Waals surface area contributed by atoms with E-state index in [1.807, 2.05) is 0 Å². The van der Waals surface area contributed by atoms with Gasteiger partial charge in [-0.05, 0) is 96.3 Å². The fourth-order valence-electron chi connectivity index (χ4n) is 8.42. The maximum absolute atomic E-state index is 13.4. The smallest absolute Gasteiger partial charge is 0.550 e. The maximum Gasteiger partial charge on any atom is 1.20 e. The molecule has 0 rings (SSSR count). The Morgan fingerprint density at radius 3 is 0.699 bits per heavy atom. The van der Waals surface area contributed by atoms with E-state index in [1.165, 1.54) is 96.3 Å². The van der Waals surface area contributed by atoms with Gasteiger partial charge in [0.05, 0.1) is 0 Å². The molecule has 0 aromatic heterocycles. The number of hydrogen-bond donors (Lipinski definition) is 3. The summed E-state index contributed by atoms with van der Waals surface area (Å²) in [5, 5.41) is -6.66. The molecule has 0 fully saturated rings. The zero-order valence-electron chi connectivity index (χ0n) is 45.3. The first-order valence-electron chi connectivity index (χ1n) is 28.3. The molecule has 0 aromatic rings. The van der Waals surface area contributed by atoms with Crippen molar-refractivity contribution in [1.29, 1.82) is 0 Å². The summed E-state index contributed by atoms with van der Waals surface area (Å²) in [7, 11) is -15.5. The Labute approximate surface area is 448 Å². The van der Waals surface area contributed by atoms with Crippen LogP contribution < -0.4 is 0 Å². The zero-order valence-corrected chi connectivity index (χ0v) is 48.9. The van der Waals surface area contributed by atoms with Gasteiger partial charge in [0.2, 0.25) is 0 Å². The molecule has 3 atom stereocenters. The highest BCUT2D eigenvalue weighted by Gasteiger charge is 2.54. The van der Waals surface area contributed by atoms with Gasteiger partial charge in [0.15, 0.2) is 15.7 Å². The van der Waals surface area contributed by atoms with Crippen LogP contribution in [-0.4, -0.2) is 87.7 Å². The highest BCUT2D eigenvalue weighted by molar-refractivity contribution is 7.87. The van der Waals surface area contributed by atoms with Crippen LogP contribution in [0.25, 0.3) is 0 Å². The Morgan fingerprint density at radius 2 is 0.507 bits per heavy atom. The topological polar surface area (TPSA) is 242 Å². The number of unbranched alkanes of at least 4 members (excludes halogenated alkanes) is 30. The lowest BCUT2D eigenvalue weighted by Gasteiger charge is -2.20. The molecule has 0 aromatic carbocycles. The van der Waals surface area contributed by atoms with E-state index in [0.29, 0.717) is 38.5 Å². The van der Waals surface area contributed by atoms with Crippen LogP contribution in [0, 0.1) is 0 Å². The zero-order chi connectivity index (χ0) is 54.5. The van der Waals surface area contributed by atoms with Crippen molar-refractivity contribution in [3.63, 3.8) is 0 Å². The largest absolute Gasteiger partial charge is 1.20 e.